The lowest BCUT2D eigenvalue weighted by Crippen LogP contribution is -2.41. The van der Waals surface area contributed by atoms with Gasteiger partial charge in [-0.05, 0) is 12.1 Å². The first kappa shape index (κ1) is 16.2. The Morgan fingerprint density at radius 1 is 1.12 bits per heavy atom. The Morgan fingerprint density at radius 3 is 2.65 bits per heavy atom. The fourth-order valence-electron chi connectivity index (χ4n) is 2.85. The van der Waals surface area contributed by atoms with E-state index in [4.69, 9.17) is 14.0 Å². The van der Waals surface area contributed by atoms with E-state index in [0.29, 0.717) is 24.7 Å². The summed E-state index contributed by atoms with van der Waals surface area (Å²) in [4.78, 5) is 14.2. The molecule has 1 aliphatic rings. The lowest BCUT2D eigenvalue weighted by atomic mass is 10.1. The van der Waals surface area contributed by atoms with Gasteiger partial charge in [0.15, 0.2) is 29.1 Å². The number of nitrogens with zero attached hydrogens (tertiary/aromatic N) is 2. The minimum absolute atomic E-state index is 0.224. The summed E-state index contributed by atoms with van der Waals surface area (Å²) < 4.78 is 16.9. The highest BCUT2D eigenvalue weighted by molar-refractivity contribution is 5.93. The van der Waals surface area contributed by atoms with E-state index in [-0.39, 0.29) is 17.7 Å². The fraction of sp³-hybridized carbons (Fsp3) is 0.200. The molecule has 0 saturated carbocycles. The van der Waals surface area contributed by atoms with E-state index in [1.54, 1.807) is 18.0 Å². The molecule has 0 radical (unpaired) electrons. The van der Waals surface area contributed by atoms with Crippen LogP contribution in [0, 0.1) is 0 Å². The highest BCUT2D eigenvalue weighted by Crippen LogP contribution is 2.31. The summed E-state index contributed by atoms with van der Waals surface area (Å²) in [7, 11) is 1.71. The molecule has 0 aliphatic carbocycles. The number of carbonyl (C=O) groups is 1. The highest BCUT2D eigenvalue weighted by Gasteiger charge is 2.25. The fourth-order valence-corrected chi connectivity index (χ4v) is 2.85. The highest BCUT2D eigenvalue weighted by atomic mass is 16.6. The van der Waals surface area contributed by atoms with Crippen molar-refractivity contribution in [3.05, 3.63) is 66.4 Å². The van der Waals surface area contributed by atoms with Crippen molar-refractivity contribution in [2.24, 2.45) is 0 Å². The number of likely N-dealkylation sites (N-methyl/N-ethyl adjacent to an activating group) is 1. The van der Waals surface area contributed by atoms with Crippen LogP contribution in [0.2, 0.25) is 0 Å². The van der Waals surface area contributed by atoms with E-state index < -0.39 is 0 Å². The first-order valence-electron chi connectivity index (χ1n) is 8.37. The molecule has 0 saturated heterocycles. The van der Waals surface area contributed by atoms with Crippen molar-refractivity contribution in [1.82, 2.24) is 10.1 Å². The van der Waals surface area contributed by atoms with Crippen LogP contribution in [-0.2, 0) is 0 Å². The van der Waals surface area contributed by atoms with Crippen molar-refractivity contribution in [2.75, 3.05) is 20.2 Å². The number of ether oxygens (including phenoxy) is 2. The molecule has 1 aromatic heterocycles. The van der Waals surface area contributed by atoms with Crippen molar-refractivity contribution in [3.63, 3.8) is 0 Å². The van der Waals surface area contributed by atoms with Crippen LogP contribution in [0.1, 0.15) is 10.5 Å². The number of carbonyl (C=O) groups excluding carboxylic acids is 1. The topological polar surface area (TPSA) is 64.8 Å². The second-order valence-corrected chi connectivity index (χ2v) is 6.13. The van der Waals surface area contributed by atoms with Crippen LogP contribution in [0.15, 0.2) is 65.2 Å². The van der Waals surface area contributed by atoms with Gasteiger partial charge < -0.3 is 18.9 Å². The average molecular weight is 350 g/mol. The molecule has 1 aliphatic heterocycles. The maximum atomic E-state index is 12.6. The molecule has 2 aromatic carbocycles. The van der Waals surface area contributed by atoms with Gasteiger partial charge in [-0.15, -0.1) is 0 Å². The van der Waals surface area contributed by atoms with E-state index in [2.05, 4.69) is 5.16 Å². The Labute approximate surface area is 150 Å². The summed E-state index contributed by atoms with van der Waals surface area (Å²) in [5, 5.41) is 3.90. The van der Waals surface area contributed by atoms with Crippen molar-refractivity contribution >= 4 is 5.91 Å². The van der Waals surface area contributed by atoms with Crippen molar-refractivity contribution in [3.8, 4) is 22.8 Å². The van der Waals surface area contributed by atoms with E-state index in [1.807, 2.05) is 54.6 Å². The lowest BCUT2D eigenvalue weighted by Gasteiger charge is -2.29. The number of hydrogen-bond donors (Lipinski definition) is 0. The number of aromatic nitrogens is 1. The first-order chi connectivity index (χ1) is 12.7. The zero-order chi connectivity index (χ0) is 17.9. The Bertz CT molecular complexity index is 907. The van der Waals surface area contributed by atoms with Crippen LogP contribution >= 0.6 is 0 Å². The summed E-state index contributed by atoms with van der Waals surface area (Å²) in [5.41, 5.74) is 1.14. The molecule has 4 rings (SSSR count). The molecule has 132 valence electrons. The molecule has 1 amide bonds. The van der Waals surface area contributed by atoms with Gasteiger partial charge in [0, 0.05) is 18.7 Å². The van der Waals surface area contributed by atoms with Gasteiger partial charge in [0.05, 0.1) is 6.54 Å². The molecule has 6 heteroatoms. The minimum Gasteiger partial charge on any atom is -0.486 e. The molecule has 26 heavy (non-hydrogen) atoms. The molecule has 1 atom stereocenters. The van der Waals surface area contributed by atoms with Crippen LogP contribution in [0.3, 0.4) is 0 Å². The maximum Gasteiger partial charge on any atom is 0.275 e. The predicted molar refractivity (Wildman–Crippen MR) is 95.3 cm³/mol. The number of amides is 1. The van der Waals surface area contributed by atoms with E-state index in [1.165, 1.54) is 0 Å². The molecule has 3 aromatic rings. The van der Waals surface area contributed by atoms with Crippen LogP contribution in [-0.4, -0.2) is 42.3 Å². The smallest absolute Gasteiger partial charge is 0.275 e. The summed E-state index contributed by atoms with van der Waals surface area (Å²) in [6.45, 7) is 0.781. The van der Waals surface area contributed by atoms with Gasteiger partial charge in [0.2, 0.25) is 0 Å². The number of hydrogen-bond acceptors (Lipinski definition) is 5. The van der Waals surface area contributed by atoms with Gasteiger partial charge in [-0.25, -0.2) is 0 Å². The van der Waals surface area contributed by atoms with Crippen LogP contribution in [0.5, 0.6) is 11.5 Å². The predicted octanol–water partition coefficient (Wildman–Crippen LogP) is 3.25. The summed E-state index contributed by atoms with van der Waals surface area (Å²) >= 11 is 0. The second kappa shape index (κ2) is 6.92. The SMILES string of the molecule is CN(CC1COc2ccccc2O1)C(=O)c1cc(-c2ccccc2)on1. The van der Waals surface area contributed by atoms with E-state index in [0.717, 1.165) is 11.3 Å². The molecule has 1 unspecified atom stereocenters. The molecular formula is C20H18N2O4. The number of para-hydroxylation sites is 2. The Kier molecular flexibility index (Phi) is 4.31. The average Bonchev–Trinajstić information content (AvgIpc) is 3.18. The zero-order valence-corrected chi connectivity index (χ0v) is 14.3. The first-order valence-corrected chi connectivity index (χ1v) is 8.37. The lowest BCUT2D eigenvalue weighted by molar-refractivity contribution is 0.0515. The second-order valence-electron chi connectivity index (χ2n) is 6.13. The van der Waals surface area contributed by atoms with E-state index in [9.17, 15) is 4.79 Å². The van der Waals surface area contributed by atoms with Crippen molar-refractivity contribution in [1.29, 1.82) is 0 Å². The van der Waals surface area contributed by atoms with Gasteiger partial charge in [-0.2, -0.15) is 0 Å². The van der Waals surface area contributed by atoms with Gasteiger partial charge in [0.25, 0.3) is 5.91 Å². The van der Waals surface area contributed by atoms with Crippen LogP contribution in [0.25, 0.3) is 11.3 Å². The molecule has 0 N–H and O–H groups in total. The zero-order valence-electron chi connectivity index (χ0n) is 14.3. The van der Waals surface area contributed by atoms with Gasteiger partial charge in [-0.1, -0.05) is 47.6 Å². The molecule has 0 spiro atoms. The third-order valence-electron chi connectivity index (χ3n) is 4.18. The summed E-state index contributed by atoms with van der Waals surface area (Å²) in [6.07, 6.45) is -0.237. The largest absolute Gasteiger partial charge is 0.486 e. The standard InChI is InChI=1S/C20H18N2O4/c1-22(12-15-13-24-17-9-5-6-10-18(17)25-15)20(23)16-11-19(26-21-16)14-7-3-2-4-8-14/h2-11,15H,12-13H2,1H3. The van der Waals surface area contributed by atoms with Crippen LogP contribution in [0.4, 0.5) is 0 Å². The number of rotatable bonds is 4. The molecule has 0 fully saturated rings. The van der Waals surface area contributed by atoms with E-state index >= 15 is 0 Å². The maximum absolute atomic E-state index is 12.6. The third kappa shape index (κ3) is 3.26. The summed E-state index contributed by atoms with van der Waals surface area (Å²) in [5.74, 6) is 1.76. The van der Waals surface area contributed by atoms with Gasteiger partial charge >= 0.3 is 0 Å². The van der Waals surface area contributed by atoms with Crippen molar-refractivity contribution < 1.29 is 18.8 Å². The number of fused-ring (bicyclic) bond motifs is 1. The monoisotopic (exact) mass is 350 g/mol. The Morgan fingerprint density at radius 2 is 1.85 bits per heavy atom. The van der Waals surface area contributed by atoms with Crippen molar-refractivity contribution in [2.45, 2.75) is 6.10 Å². The minimum atomic E-state index is -0.237. The van der Waals surface area contributed by atoms with Gasteiger partial charge in [-0.3, -0.25) is 4.79 Å². The molecular weight excluding hydrogens is 332 g/mol. The normalized spacial score (nSPS) is 15.5. The van der Waals surface area contributed by atoms with Gasteiger partial charge in [0.1, 0.15) is 6.61 Å². The molecule has 6 nitrogen and oxygen atoms in total. The number of benzene rings is 2. The quantitative estimate of drug-likeness (QED) is 0.723. The third-order valence-corrected chi connectivity index (χ3v) is 4.18. The summed E-state index contributed by atoms with van der Waals surface area (Å²) in [6, 6.07) is 18.7. The Hall–Kier alpha value is -3.28. The Balaban J connectivity index is 1.42. The van der Waals surface area contributed by atoms with Crippen LogP contribution < -0.4 is 9.47 Å². The molecule has 0 bridgehead atoms. The molecule has 2 heterocycles.